The molecule has 0 aromatic rings. The molecule has 0 saturated heterocycles. The lowest BCUT2D eigenvalue weighted by Gasteiger charge is -2.31. The molecule has 0 aliphatic heterocycles. The van der Waals surface area contributed by atoms with Gasteiger partial charge in [-0.25, -0.2) is 0 Å². The number of hydrogen-bond donors (Lipinski definition) is 1. The second-order valence-electron chi connectivity index (χ2n) is 2.31. The third-order valence-electron chi connectivity index (χ3n) is 1.37. The molecule has 0 aromatic carbocycles. The molecule has 5 heteroatoms. The molecule has 0 bridgehead atoms. The SMILES string of the molecule is O[C@H]1C[C@@H](OC(F)(F)F)C1. The molecule has 0 aromatic heterocycles. The summed E-state index contributed by atoms with van der Waals surface area (Å²) in [4.78, 5) is 0. The van der Waals surface area contributed by atoms with Gasteiger partial charge in [0.2, 0.25) is 0 Å². The molecule has 0 unspecified atom stereocenters. The van der Waals surface area contributed by atoms with E-state index in [0.29, 0.717) is 0 Å². The minimum Gasteiger partial charge on any atom is -0.393 e. The molecule has 0 heterocycles. The standard InChI is InChI=1S/C5H7F3O2/c6-5(7,8)10-4-1-3(9)2-4/h3-4,9H,1-2H2/t3-,4+. The van der Waals surface area contributed by atoms with Crippen molar-refractivity contribution < 1.29 is 23.0 Å². The lowest BCUT2D eigenvalue weighted by Crippen LogP contribution is -2.38. The quantitative estimate of drug-likeness (QED) is 0.614. The Morgan fingerprint density at radius 3 is 2.10 bits per heavy atom. The van der Waals surface area contributed by atoms with Gasteiger partial charge in [0, 0.05) is 12.8 Å². The van der Waals surface area contributed by atoms with Crippen LogP contribution in [-0.4, -0.2) is 23.7 Å². The topological polar surface area (TPSA) is 29.5 Å². The first-order chi connectivity index (χ1) is 4.47. The van der Waals surface area contributed by atoms with E-state index in [0.717, 1.165) is 0 Å². The summed E-state index contributed by atoms with van der Waals surface area (Å²) in [5.74, 6) is 0. The molecular formula is C5H7F3O2. The van der Waals surface area contributed by atoms with E-state index in [-0.39, 0.29) is 12.8 Å². The molecule has 0 spiro atoms. The average Bonchev–Trinajstić information content (AvgIpc) is 1.57. The Kier molecular flexibility index (Phi) is 1.87. The minimum atomic E-state index is -4.55. The molecule has 1 aliphatic carbocycles. The van der Waals surface area contributed by atoms with Gasteiger partial charge in [-0.05, 0) is 0 Å². The third-order valence-corrected chi connectivity index (χ3v) is 1.37. The van der Waals surface area contributed by atoms with Crippen LogP contribution in [0.4, 0.5) is 13.2 Å². The Balaban J connectivity index is 2.16. The van der Waals surface area contributed by atoms with E-state index in [1.54, 1.807) is 0 Å². The smallest absolute Gasteiger partial charge is 0.393 e. The van der Waals surface area contributed by atoms with Crippen molar-refractivity contribution in [1.29, 1.82) is 0 Å². The monoisotopic (exact) mass is 156 g/mol. The molecule has 2 nitrogen and oxygen atoms in total. The van der Waals surface area contributed by atoms with Gasteiger partial charge in [0.15, 0.2) is 0 Å². The molecule has 1 aliphatic rings. The Morgan fingerprint density at radius 2 is 1.80 bits per heavy atom. The van der Waals surface area contributed by atoms with Crippen molar-refractivity contribution in [2.45, 2.75) is 31.4 Å². The number of aliphatic hydroxyl groups excluding tert-OH is 1. The summed E-state index contributed by atoms with van der Waals surface area (Å²) in [6.45, 7) is 0. The Morgan fingerprint density at radius 1 is 1.30 bits per heavy atom. The van der Waals surface area contributed by atoms with Crippen molar-refractivity contribution in [3.05, 3.63) is 0 Å². The summed E-state index contributed by atoms with van der Waals surface area (Å²) in [5.41, 5.74) is 0. The van der Waals surface area contributed by atoms with E-state index < -0.39 is 18.6 Å². The van der Waals surface area contributed by atoms with Crippen LogP contribution in [0.5, 0.6) is 0 Å². The van der Waals surface area contributed by atoms with E-state index in [2.05, 4.69) is 4.74 Å². The summed E-state index contributed by atoms with van der Waals surface area (Å²) in [5, 5.41) is 8.57. The lowest BCUT2D eigenvalue weighted by atomic mass is 9.92. The highest BCUT2D eigenvalue weighted by molar-refractivity contribution is 4.79. The van der Waals surface area contributed by atoms with Crippen molar-refractivity contribution in [2.24, 2.45) is 0 Å². The second kappa shape index (κ2) is 2.39. The fourth-order valence-corrected chi connectivity index (χ4v) is 0.823. The summed E-state index contributed by atoms with van der Waals surface area (Å²) in [7, 11) is 0. The third kappa shape index (κ3) is 2.15. The molecule has 0 radical (unpaired) electrons. The van der Waals surface area contributed by atoms with Crippen molar-refractivity contribution >= 4 is 0 Å². The molecule has 1 fully saturated rings. The Labute approximate surface area is 55.6 Å². The van der Waals surface area contributed by atoms with Crippen molar-refractivity contribution in [1.82, 2.24) is 0 Å². The van der Waals surface area contributed by atoms with E-state index >= 15 is 0 Å². The van der Waals surface area contributed by atoms with Gasteiger partial charge in [-0.1, -0.05) is 0 Å². The molecule has 60 valence electrons. The highest BCUT2D eigenvalue weighted by atomic mass is 19.4. The fraction of sp³-hybridized carbons (Fsp3) is 1.00. The first kappa shape index (κ1) is 7.81. The van der Waals surface area contributed by atoms with E-state index in [9.17, 15) is 13.2 Å². The van der Waals surface area contributed by atoms with E-state index in [4.69, 9.17) is 5.11 Å². The number of hydrogen-bond acceptors (Lipinski definition) is 2. The largest absolute Gasteiger partial charge is 0.522 e. The Hall–Kier alpha value is -0.290. The highest BCUT2D eigenvalue weighted by Crippen LogP contribution is 2.29. The van der Waals surface area contributed by atoms with Crippen LogP contribution in [-0.2, 0) is 4.74 Å². The maximum atomic E-state index is 11.4. The van der Waals surface area contributed by atoms with Crippen LogP contribution in [0.3, 0.4) is 0 Å². The van der Waals surface area contributed by atoms with Gasteiger partial charge in [0.05, 0.1) is 12.2 Å². The predicted octanol–water partition coefficient (Wildman–Crippen LogP) is 1.05. The van der Waals surface area contributed by atoms with Gasteiger partial charge in [-0.15, -0.1) is 13.2 Å². The zero-order valence-electron chi connectivity index (χ0n) is 5.06. The number of alkyl halides is 3. The number of halogens is 3. The Bertz CT molecular complexity index is 117. The first-order valence-corrected chi connectivity index (χ1v) is 2.90. The molecular weight excluding hydrogens is 149 g/mol. The molecule has 10 heavy (non-hydrogen) atoms. The summed E-state index contributed by atoms with van der Waals surface area (Å²) >= 11 is 0. The van der Waals surface area contributed by atoms with Crippen LogP contribution in [0.1, 0.15) is 12.8 Å². The van der Waals surface area contributed by atoms with E-state index in [1.165, 1.54) is 0 Å². The molecule has 0 amide bonds. The predicted molar refractivity (Wildman–Crippen MR) is 26.2 cm³/mol. The van der Waals surface area contributed by atoms with Gasteiger partial charge in [0.25, 0.3) is 0 Å². The number of aliphatic hydroxyl groups is 1. The zero-order valence-corrected chi connectivity index (χ0v) is 5.06. The van der Waals surface area contributed by atoms with Crippen molar-refractivity contribution in [3.63, 3.8) is 0 Å². The van der Waals surface area contributed by atoms with Crippen LogP contribution in [0.2, 0.25) is 0 Å². The molecule has 1 rings (SSSR count). The normalized spacial score (nSPS) is 33.6. The van der Waals surface area contributed by atoms with Crippen LogP contribution < -0.4 is 0 Å². The summed E-state index contributed by atoms with van der Waals surface area (Å²) in [6.07, 6.45) is -5.79. The van der Waals surface area contributed by atoms with Gasteiger partial charge in [-0.3, -0.25) is 4.74 Å². The van der Waals surface area contributed by atoms with Crippen molar-refractivity contribution in [3.8, 4) is 0 Å². The van der Waals surface area contributed by atoms with Gasteiger partial charge >= 0.3 is 6.36 Å². The zero-order chi connectivity index (χ0) is 7.78. The average molecular weight is 156 g/mol. The maximum Gasteiger partial charge on any atom is 0.522 e. The van der Waals surface area contributed by atoms with Crippen molar-refractivity contribution in [2.75, 3.05) is 0 Å². The number of rotatable bonds is 1. The van der Waals surface area contributed by atoms with Crippen LogP contribution in [0.25, 0.3) is 0 Å². The molecule has 1 saturated carbocycles. The fourth-order valence-electron chi connectivity index (χ4n) is 0.823. The van der Waals surface area contributed by atoms with Crippen LogP contribution in [0, 0.1) is 0 Å². The molecule has 0 atom stereocenters. The minimum absolute atomic E-state index is 0.0967. The van der Waals surface area contributed by atoms with Gasteiger partial charge in [0.1, 0.15) is 0 Å². The first-order valence-electron chi connectivity index (χ1n) is 2.90. The van der Waals surface area contributed by atoms with Crippen LogP contribution in [0.15, 0.2) is 0 Å². The van der Waals surface area contributed by atoms with Crippen LogP contribution >= 0.6 is 0 Å². The second-order valence-corrected chi connectivity index (χ2v) is 2.31. The van der Waals surface area contributed by atoms with Gasteiger partial charge < -0.3 is 5.11 Å². The van der Waals surface area contributed by atoms with E-state index in [1.807, 2.05) is 0 Å². The summed E-state index contributed by atoms with van der Waals surface area (Å²) < 4.78 is 37.6. The highest BCUT2D eigenvalue weighted by Gasteiger charge is 2.39. The number of ether oxygens (including phenoxy) is 1. The molecule has 1 N–H and O–H groups in total. The maximum absolute atomic E-state index is 11.4. The van der Waals surface area contributed by atoms with Gasteiger partial charge in [-0.2, -0.15) is 0 Å². The lowest BCUT2D eigenvalue weighted by molar-refractivity contribution is -0.355. The summed E-state index contributed by atoms with van der Waals surface area (Å²) in [6, 6.07) is 0.